The number of carbonyl (C=O) groups excluding carboxylic acids is 2. The summed E-state index contributed by atoms with van der Waals surface area (Å²) < 4.78 is 10.9. The van der Waals surface area contributed by atoms with Crippen molar-refractivity contribution in [3.05, 3.63) is 51.3 Å². The maximum absolute atomic E-state index is 13.1. The summed E-state index contributed by atoms with van der Waals surface area (Å²) in [6.07, 6.45) is 0. The van der Waals surface area contributed by atoms with Gasteiger partial charge in [-0.3, -0.25) is 14.5 Å². The van der Waals surface area contributed by atoms with E-state index in [4.69, 9.17) is 21.1 Å². The number of aromatic nitrogens is 1. The Balaban J connectivity index is 1.67. The van der Waals surface area contributed by atoms with Gasteiger partial charge in [0.15, 0.2) is 6.61 Å². The molecule has 0 radical (unpaired) electrons. The number of carbonyl (C=O) groups is 2. The lowest BCUT2D eigenvalue weighted by atomic mass is 10.1. The predicted octanol–water partition coefficient (Wildman–Crippen LogP) is 4.84. The molecular formula is C23H22ClN3O4S. The highest BCUT2D eigenvalue weighted by atomic mass is 35.5. The largest absolute Gasteiger partial charge is 0.495 e. The molecule has 2 heterocycles. The number of ether oxygens (including phenoxy) is 2. The van der Waals surface area contributed by atoms with Crippen molar-refractivity contribution in [3.63, 3.8) is 0 Å². The van der Waals surface area contributed by atoms with Crippen molar-refractivity contribution >= 4 is 46.1 Å². The first kappa shape index (κ1) is 22.1. The number of halogens is 1. The fraction of sp³-hybridized carbons (Fsp3) is 0.261. The molecule has 0 bridgehead atoms. The van der Waals surface area contributed by atoms with Crippen molar-refractivity contribution in [2.75, 3.05) is 23.9 Å². The zero-order valence-corrected chi connectivity index (χ0v) is 19.6. The lowest BCUT2D eigenvalue weighted by Crippen LogP contribution is -2.49. The number of aryl methyl sites for hydroxylation is 2. The highest BCUT2D eigenvalue weighted by Crippen LogP contribution is 2.39. The molecule has 1 aromatic heterocycles. The summed E-state index contributed by atoms with van der Waals surface area (Å²) in [5, 5.41) is 4.23. The Labute approximate surface area is 194 Å². The molecule has 1 aliphatic rings. The number of methoxy groups -OCH3 is 1. The topological polar surface area (TPSA) is 80.8 Å². The molecule has 2 amide bonds. The third-order valence-corrected chi connectivity index (χ3v) is 6.32. The van der Waals surface area contributed by atoms with Gasteiger partial charge in [-0.2, -0.15) is 0 Å². The maximum Gasteiger partial charge on any atom is 0.265 e. The monoisotopic (exact) mass is 471 g/mol. The van der Waals surface area contributed by atoms with E-state index in [2.05, 4.69) is 10.3 Å². The lowest BCUT2D eigenvalue weighted by molar-refractivity contribution is -0.125. The number of amides is 2. The molecule has 0 saturated carbocycles. The molecule has 9 heteroatoms. The van der Waals surface area contributed by atoms with E-state index in [1.807, 2.05) is 32.0 Å². The molecule has 0 spiro atoms. The summed E-state index contributed by atoms with van der Waals surface area (Å²) in [4.78, 5) is 33.1. The van der Waals surface area contributed by atoms with Crippen LogP contribution in [-0.2, 0) is 9.59 Å². The van der Waals surface area contributed by atoms with Crippen LogP contribution in [0.4, 0.5) is 11.4 Å². The summed E-state index contributed by atoms with van der Waals surface area (Å²) in [6, 6.07) is 9.71. The van der Waals surface area contributed by atoms with Gasteiger partial charge in [0.25, 0.3) is 5.91 Å². The molecule has 7 nitrogen and oxygen atoms in total. The molecule has 1 aliphatic heterocycles. The van der Waals surface area contributed by atoms with E-state index in [1.54, 1.807) is 36.5 Å². The molecule has 0 fully saturated rings. The number of benzene rings is 2. The van der Waals surface area contributed by atoms with Gasteiger partial charge in [0, 0.05) is 15.5 Å². The van der Waals surface area contributed by atoms with Crippen LogP contribution in [0.3, 0.4) is 0 Å². The van der Waals surface area contributed by atoms with Gasteiger partial charge < -0.3 is 14.8 Å². The average molecular weight is 472 g/mol. The van der Waals surface area contributed by atoms with E-state index in [0.29, 0.717) is 27.9 Å². The number of hydrogen-bond acceptors (Lipinski definition) is 6. The van der Waals surface area contributed by atoms with Gasteiger partial charge >= 0.3 is 0 Å². The number of fused-ring (bicyclic) bond motifs is 1. The zero-order chi connectivity index (χ0) is 23.0. The fourth-order valence-corrected chi connectivity index (χ4v) is 4.68. The number of thiazole rings is 1. The van der Waals surface area contributed by atoms with Gasteiger partial charge in [-0.05, 0) is 57.2 Å². The Hall–Kier alpha value is -3.10. The van der Waals surface area contributed by atoms with Gasteiger partial charge in [-0.15, -0.1) is 11.3 Å². The number of anilines is 2. The van der Waals surface area contributed by atoms with Crippen molar-refractivity contribution < 1.29 is 19.1 Å². The third-order valence-electron chi connectivity index (χ3n) is 5.20. The minimum absolute atomic E-state index is 0.140. The van der Waals surface area contributed by atoms with E-state index in [0.717, 1.165) is 21.1 Å². The standard InChI is InChI=1S/C23H22ClN3O4S/c1-12(23(29)26-17-10-16(24)6-8-19(17)30-4)27-18-9-15(22-13(2)32-14(3)25-22)5-7-20(18)31-11-21(27)28/h5-10,12H,11H2,1-4H3,(H,26,29). The second-order valence-electron chi connectivity index (χ2n) is 7.38. The molecule has 4 rings (SSSR count). The van der Waals surface area contributed by atoms with E-state index in [-0.39, 0.29) is 18.4 Å². The normalized spacial score (nSPS) is 13.9. The maximum atomic E-state index is 13.1. The lowest BCUT2D eigenvalue weighted by Gasteiger charge is -2.33. The second kappa shape index (κ2) is 8.80. The molecule has 2 aromatic carbocycles. The van der Waals surface area contributed by atoms with Gasteiger partial charge in [0.1, 0.15) is 17.5 Å². The summed E-state index contributed by atoms with van der Waals surface area (Å²) in [5.41, 5.74) is 2.68. The van der Waals surface area contributed by atoms with Crippen molar-refractivity contribution in [3.8, 4) is 22.8 Å². The quantitative estimate of drug-likeness (QED) is 0.575. The predicted molar refractivity (Wildman–Crippen MR) is 126 cm³/mol. The molecule has 1 atom stereocenters. The van der Waals surface area contributed by atoms with Crippen LogP contribution >= 0.6 is 22.9 Å². The van der Waals surface area contributed by atoms with Crippen molar-refractivity contribution in [1.29, 1.82) is 0 Å². The molecule has 1 unspecified atom stereocenters. The molecule has 32 heavy (non-hydrogen) atoms. The Morgan fingerprint density at radius 3 is 2.75 bits per heavy atom. The first-order valence-electron chi connectivity index (χ1n) is 9.96. The first-order chi connectivity index (χ1) is 15.3. The van der Waals surface area contributed by atoms with Crippen molar-refractivity contribution in [1.82, 2.24) is 4.98 Å². The molecule has 1 N–H and O–H groups in total. The van der Waals surface area contributed by atoms with E-state index >= 15 is 0 Å². The van der Waals surface area contributed by atoms with Crippen LogP contribution in [0.5, 0.6) is 11.5 Å². The minimum atomic E-state index is -0.803. The van der Waals surface area contributed by atoms with Crippen LogP contribution < -0.4 is 19.7 Å². The van der Waals surface area contributed by atoms with Crippen LogP contribution in [0, 0.1) is 13.8 Å². The van der Waals surface area contributed by atoms with E-state index in [1.165, 1.54) is 12.0 Å². The summed E-state index contributed by atoms with van der Waals surface area (Å²) in [5.74, 6) is 0.331. The average Bonchev–Trinajstić information content (AvgIpc) is 3.10. The Bertz CT molecular complexity index is 1210. The van der Waals surface area contributed by atoms with Gasteiger partial charge in [-0.25, -0.2) is 4.98 Å². The Morgan fingerprint density at radius 1 is 1.28 bits per heavy atom. The highest BCUT2D eigenvalue weighted by molar-refractivity contribution is 7.11. The fourth-order valence-electron chi connectivity index (χ4n) is 3.67. The van der Waals surface area contributed by atoms with E-state index < -0.39 is 6.04 Å². The van der Waals surface area contributed by atoms with E-state index in [9.17, 15) is 9.59 Å². The summed E-state index contributed by atoms with van der Waals surface area (Å²) in [6.45, 7) is 5.49. The van der Waals surface area contributed by atoms with Gasteiger partial charge in [0.2, 0.25) is 5.91 Å². The molecular weight excluding hydrogens is 450 g/mol. The Morgan fingerprint density at radius 2 is 2.06 bits per heavy atom. The van der Waals surface area contributed by atoms with Crippen molar-refractivity contribution in [2.45, 2.75) is 26.8 Å². The summed E-state index contributed by atoms with van der Waals surface area (Å²) >= 11 is 7.68. The number of nitrogens with one attached hydrogen (secondary N) is 1. The van der Waals surface area contributed by atoms with Crippen LogP contribution in [0.15, 0.2) is 36.4 Å². The number of rotatable bonds is 5. The van der Waals surface area contributed by atoms with Crippen LogP contribution in [-0.4, -0.2) is 36.6 Å². The number of nitrogens with zero attached hydrogens (tertiary/aromatic N) is 2. The SMILES string of the molecule is COc1ccc(Cl)cc1NC(=O)C(C)N1C(=O)COc2ccc(-c3nc(C)sc3C)cc21. The van der Waals surface area contributed by atoms with Crippen LogP contribution in [0.25, 0.3) is 11.3 Å². The van der Waals surface area contributed by atoms with Crippen LogP contribution in [0.2, 0.25) is 5.02 Å². The van der Waals surface area contributed by atoms with Crippen LogP contribution in [0.1, 0.15) is 16.8 Å². The molecule has 3 aromatic rings. The third kappa shape index (κ3) is 4.16. The second-order valence-corrected chi connectivity index (χ2v) is 9.23. The minimum Gasteiger partial charge on any atom is -0.495 e. The van der Waals surface area contributed by atoms with Gasteiger partial charge in [0.05, 0.1) is 29.2 Å². The van der Waals surface area contributed by atoms with Gasteiger partial charge in [-0.1, -0.05) is 11.6 Å². The molecule has 0 aliphatic carbocycles. The first-order valence-corrected chi connectivity index (χ1v) is 11.2. The number of hydrogen-bond donors (Lipinski definition) is 1. The van der Waals surface area contributed by atoms with Crippen molar-refractivity contribution in [2.24, 2.45) is 0 Å². The smallest absolute Gasteiger partial charge is 0.265 e. The zero-order valence-electron chi connectivity index (χ0n) is 18.1. The highest BCUT2D eigenvalue weighted by Gasteiger charge is 2.34. The molecule has 0 saturated heterocycles. The molecule has 166 valence electrons. The summed E-state index contributed by atoms with van der Waals surface area (Å²) in [7, 11) is 1.51. The Kier molecular flexibility index (Phi) is 6.08.